The molecule has 0 bridgehead atoms. The predicted molar refractivity (Wildman–Crippen MR) is 123 cm³/mol. The summed E-state index contributed by atoms with van der Waals surface area (Å²) in [7, 11) is 0. The second-order valence-electron chi connectivity index (χ2n) is 7.16. The number of nitrogens with zero attached hydrogens (tertiary/aromatic N) is 2. The van der Waals surface area contributed by atoms with Gasteiger partial charge in [-0.15, -0.1) is 11.3 Å². The van der Waals surface area contributed by atoms with E-state index in [1.807, 2.05) is 41.8 Å². The van der Waals surface area contributed by atoms with E-state index < -0.39 is 0 Å². The van der Waals surface area contributed by atoms with E-state index in [0.29, 0.717) is 6.54 Å². The maximum atomic E-state index is 12.8. The van der Waals surface area contributed by atoms with Crippen LogP contribution in [0.3, 0.4) is 0 Å². The van der Waals surface area contributed by atoms with Crippen molar-refractivity contribution in [1.82, 2.24) is 4.57 Å². The van der Waals surface area contributed by atoms with Crippen molar-refractivity contribution < 1.29 is 13.9 Å². The summed E-state index contributed by atoms with van der Waals surface area (Å²) in [5.41, 5.74) is 1.82. The molecule has 0 spiro atoms. The minimum absolute atomic E-state index is 0.136. The summed E-state index contributed by atoms with van der Waals surface area (Å²) in [4.78, 5) is 19.5. The summed E-state index contributed by atoms with van der Waals surface area (Å²) >= 11 is 3.10. The van der Waals surface area contributed by atoms with Crippen molar-refractivity contribution in [2.45, 2.75) is 25.5 Å². The standard InChI is InChI=1S/C23H21N3O3S2/c27-21(18-10-5-13-29-18)25-22-20(19-11-6-14-30-19)26(15-17-9-4-12-28-17)23(31-22)24-16-7-2-1-3-8-16/h1-3,5-8,10-11,13-14,17H,4,9,12,15H2,(H,25,27). The van der Waals surface area contributed by atoms with Crippen LogP contribution in [-0.2, 0) is 11.3 Å². The van der Waals surface area contributed by atoms with Crippen LogP contribution in [0.2, 0.25) is 0 Å². The first kappa shape index (κ1) is 20.0. The number of hydrogen-bond acceptors (Lipinski definition) is 6. The van der Waals surface area contributed by atoms with Crippen LogP contribution in [0.15, 0.2) is 75.7 Å². The molecule has 31 heavy (non-hydrogen) atoms. The molecule has 8 heteroatoms. The maximum absolute atomic E-state index is 12.8. The smallest absolute Gasteiger partial charge is 0.292 e. The first-order chi connectivity index (χ1) is 15.3. The fraction of sp³-hybridized carbons (Fsp3) is 0.217. The fourth-order valence-electron chi connectivity index (χ4n) is 3.59. The molecule has 4 heterocycles. The van der Waals surface area contributed by atoms with Crippen molar-refractivity contribution in [3.05, 3.63) is 76.8 Å². The number of carbonyl (C=O) groups excluding carboxylic acids is 1. The highest BCUT2D eigenvalue weighted by Crippen LogP contribution is 2.35. The molecule has 1 aliphatic rings. The van der Waals surface area contributed by atoms with Gasteiger partial charge in [0.1, 0.15) is 5.00 Å². The second kappa shape index (κ2) is 9.05. The first-order valence-electron chi connectivity index (χ1n) is 10.1. The molecule has 1 saturated heterocycles. The van der Waals surface area contributed by atoms with Gasteiger partial charge >= 0.3 is 0 Å². The van der Waals surface area contributed by atoms with Crippen molar-refractivity contribution in [1.29, 1.82) is 0 Å². The van der Waals surface area contributed by atoms with Gasteiger partial charge in [-0.3, -0.25) is 4.79 Å². The van der Waals surface area contributed by atoms with Crippen molar-refractivity contribution in [2.75, 3.05) is 11.9 Å². The quantitative estimate of drug-likeness (QED) is 0.419. The normalized spacial score (nSPS) is 16.6. The zero-order chi connectivity index (χ0) is 21.0. The number of rotatable bonds is 6. The molecular formula is C23H21N3O3S2. The minimum atomic E-state index is -0.278. The number of hydrogen-bond donors (Lipinski definition) is 1. The van der Waals surface area contributed by atoms with E-state index in [1.54, 1.807) is 23.5 Å². The summed E-state index contributed by atoms with van der Waals surface area (Å²) in [6, 6.07) is 17.3. The maximum Gasteiger partial charge on any atom is 0.292 e. The number of carbonyl (C=O) groups is 1. The summed E-state index contributed by atoms with van der Waals surface area (Å²) in [5, 5.41) is 5.83. The Morgan fingerprint density at radius 2 is 2.06 bits per heavy atom. The van der Waals surface area contributed by atoms with Gasteiger partial charge in [0.05, 0.1) is 35.2 Å². The molecule has 1 N–H and O–H groups in total. The number of aromatic nitrogens is 1. The van der Waals surface area contributed by atoms with Gasteiger partial charge in [-0.1, -0.05) is 35.6 Å². The Kier molecular flexibility index (Phi) is 5.84. The van der Waals surface area contributed by atoms with Crippen LogP contribution in [0.1, 0.15) is 23.4 Å². The van der Waals surface area contributed by atoms with Gasteiger partial charge < -0.3 is 19.0 Å². The fourth-order valence-corrected chi connectivity index (χ4v) is 5.51. The minimum Gasteiger partial charge on any atom is -0.459 e. The zero-order valence-electron chi connectivity index (χ0n) is 16.7. The molecule has 0 saturated carbocycles. The molecule has 6 nitrogen and oxygen atoms in total. The monoisotopic (exact) mass is 451 g/mol. The second-order valence-corrected chi connectivity index (χ2v) is 9.09. The summed E-state index contributed by atoms with van der Waals surface area (Å²) in [6.45, 7) is 1.48. The third kappa shape index (κ3) is 4.41. The summed E-state index contributed by atoms with van der Waals surface area (Å²) < 4.78 is 13.4. The average Bonchev–Trinajstić information content (AvgIpc) is 3.58. The molecule has 0 radical (unpaired) electrons. The lowest BCUT2D eigenvalue weighted by Gasteiger charge is -2.14. The first-order valence-corrected chi connectivity index (χ1v) is 11.8. The Morgan fingerprint density at radius 3 is 2.77 bits per heavy atom. The van der Waals surface area contributed by atoms with Crippen molar-refractivity contribution in [3.63, 3.8) is 0 Å². The Morgan fingerprint density at radius 1 is 1.16 bits per heavy atom. The third-order valence-corrected chi connectivity index (χ3v) is 6.90. The van der Waals surface area contributed by atoms with Gasteiger partial charge in [0, 0.05) is 6.61 Å². The average molecular weight is 452 g/mol. The van der Waals surface area contributed by atoms with E-state index >= 15 is 0 Å². The lowest BCUT2D eigenvalue weighted by Crippen LogP contribution is -2.24. The zero-order valence-corrected chi connectivity index (χ0v) is 18.3. The van der Waals surface area contributed by atoms with Crippen LogP contribution in [0.5, 0.6) is 0 Å². The highest BCUT2D eigenvalue weighted by Gasteiger charge is 2.24. The Hall–Kier alpha value is -2.94. The van der Waals surface area contributed by atoms with Gasteiger partial charge in [-0.2, -0.15) is 0 Å². The van der Waals surface area contributed by atoms with E-state index in [0.717, 1.165) is 45.5 Å². The largest absolute Gasteiger partial charge is 0.459 e. The van der Waals surface area contributed by atoms with Crippen LogP contribution in [0.4, 0.5) is 10.7 Å². The van der Waals surface area contributed by atoms with Crippen LogP contribution in [0.25, 0.3) is 10.6 Å². The lowest BCUT2D eigenvalue weighted by atomic mass is 10.2. The number of thiophene rings is 1. The van der Waals surface area contributed by atoms with Crippen molar-refractivity contribution in [2.24, 2.45) is 4.99 Å². The molecule has 1 fully saturated rings. The molecule has 1 atom stereocenters. The van der Waals surface area contributed by atoms with Gasteiger partial charge in [-0.25, -0.2) is 4.99 Å². The van der Waals surface area contributed by atoms with Crippen LogP contribution < -0.4 is 10.1 Å². The van der Waals surface area contributed by atoms with E-state index in [1.165, 1.54) is 17.6 Å². The number of para-hydroxylation sites is 1. The molecule has 3 aromatic heterocycles. The Bertz CT molecular complexity index is 1200. The Balaban J connectivity index is 1.64. The van der Waals surface area contributed by atoms with E-state index in [9.17, 15) is 4.79 Å². The van der Waals surface area contributed by atoms with Gasteiger partial charge in [-0.05, 0) is 48.6 Å². The summed E-state index contributed by atoms with van der Waals surface area (Å²) in [6.07, 6.45) is 3.72. The number of benzene rings is 1. The topological polar surface area (TPSA) is 68.8 Å². The molecule has 1 aliphatic heterocycles. The van der Waals surface area contributed by atoms with E-state index in [2.05, 4.69) is 16.0 Å². The molecular weight excluding hydrogens is 430 g/mol. The molecule has 1 amide bonds. The van der Waals surface area contributed by atoms with Crippen molar-refractivity contribution in [3.8, 4) is 10.6 Å². The number of anilines is 1. The highest BCUT2D eigenvalue weighted by molar-refractivity contribution is 7.16. The number of nitrogens with one attached hydrogen (secondary N) is 1. The lowest BCUT2D eigenvalue weighted by molar-refractivity contribution is 0.0968. The van der Waals surface area contributed by atoms with E-state index in [4.69, 9.17) is 14.1 Å². The van der Waals surface area contributed by atoms with Crippen LogP contribution in [0, 0.1) is 0 Å². The number of amides is 1. The van der Waals surface area contributed by atoms with Crippen LogP contribution >= 0.6 is 22.7 Å². The predicted octanol–water partition coefficient (Wildman–Crippen LogP) is 5.53. The summed E-state index contributed by atoms with van der Waals surface area (Å²) in [5.74, 6) is -0.00247. The molecule has 1 aromatic carbocycles. The van der Waals surface area contributed by atoms with Gasteiger partial charge in [0.2, 0.25) is 0 Å². The Labute approximate surface area is 187 Å². The molecule has 1 unspecified atom stereocenters. The number of ether oxygens (including phenoxy) is 1. The van der Waals surface area contributed by atoms with Gasteiger partial charge in [0.15, 0.2) is 10.6 Å². The molecule has 5 rings (SSSR count). The number of thiazole rings is 1. The highest BCUT2D eigenvalue weighted by atomic mass is 32.1. The van der Waals surface area contributed by atoms with Crippen molar-refractivity contribution >= 4 is 39.3 Å². The molecule has 158 valence electrons. The van der Waals surface area contributed by atoms with E-state index in [-0.39, 0.29) is 17.8 Å². The molecule has 4 aromatic rings. The SMILES string of the molecule is O=C(Nc1sc(=Nc2ccccc2)n(CC2CCCO2)c1-c1cccs1)c1ccco1. The third-order valence-electron chi connectivity index (χ3n) is 5.03. The number of furan rings is 1. The van der Waals surface area contributed by atoms with Crippen LogP contribution in [-0.4, -0.2) is 23.2 Å². The molecule has 0 aliphatic carbocycles. The van der Waals surface area contributed by atoms with Gasteiger partial charge in [0.25, 0.3) is 5.91 Å².